The Kier molecular flexibility index (Phi) is 8.12. The summed E-state index contributed by atoms with van der Waals surface area (Å²) >= 11 is 3.21. The number of methoxy groups -OCH3 is 1. The minimum absolute atomic E-state index is 0.247. The van der Waals surface area contributed by atoms with Gasteiger partial charge in [0.15, 0.2) is 0 Å². The van der Waals surface area contributed by atoms with Crippen molar-refractivity contribution in [1.82, 2.24) is 5.32 Å². The van der Waals surface area contributed by atoms with E-state index in [1.165, 1.54) is 7.11 Å². The molecule has 0 bridgehead atoms. The van der Waals surface area contributed by atoms with Crippen LogP contribution in [0.25, 0.3) is 0 Å². The van der Waals surface area contributed by atoms with Crippen LogP contribution in [0.15, 0.2) is 0 Å². The van der Waals surface area contributed by atoms with E-state index in [0.29, 0.717) is 13.2 Å². The second-order valence-corrected chi connectivity index (χ2v) is 4.22. The Hall–Kier alpha value is -0.130. The van der Waals surface area contributed by atoms with E-state index in [1.807, 2.05) is 13.8 Å². The first kappa shape index (κ1) is 13.9. The first-order valence-corrected chi connectivity index (χ1v) is 5.53. The number of alkyl halides is 1. The second kappa shape index (κ2) is 8.20. The number of rotatable bonds is 7. The molecule has 5 heteroatoms. The standard InChI is InChI=1S/C9H18BrNO3/c1-7(2)14-5-4-11-6-8(10)9(12)13-3/h7-8,11H,4-6H2,1-3H3. The van der Waals surface area contributed by atoms with Gasteiger partial charge in [-0.15, -0.1) is 0 Å². The molecule has 84 valence electrons. The maximum Gasteiger partial charge on any atom is 0.320 e. The number of esters is 1. The Morgan fingerprint density at radius 1 is 1.50 bits per heavy atom. The Morgan fingerprint density at radius 2 is 2.14 bits per heavy atom. The predicted octanol–water partition coefficient (Wildman–Crippen LogP) is 0.937. The van der Waals surface area contributed by atoms with Gasteiger partial charge in [0.25, 0.3) is 0 Å². The topological polar surface area (TPSA) is 47.6 Å². The maximum atomic E-state index is 10.9. The van der Waals surface area contributed by atoms with E-state index >= 15 is 0 Å². The number of carbonyl (C=O) groups excluding carboxylic acids is 1. The largest absolute Gasteiger partial charge is 0.468 e. The number of hydrogen-bond donors (Lipinski definition) is 1. The third-order valence-corrected chi connectivity index (χ3v) is 2.21. The van der Waals surface area contributed by atoms with E-state index in [4.69, 9.17) is 4.74 Å². The van der Waals surface area contributed by atoms with Crippen molar-refractivity contribution < 1.29 is 14.3 Å². The molecule has 0 saturated carbocycles. The SMILES string of the molecule is COC(=O)C(Br)CNCCOC(C)C. The van der Waals surface area contributed by atoms with Gasteiger partial charge in [0.05, 0.1) is 19.8 Å². The summed E-state index contributed by atoms with van der Waals surface area (Å²) in [4.78, 5) is 10.7. The fourth-order valence-electron chi connectivity index (χ4n) is 0.807. The highest BCUT2D eigenvalue weighted by Crippen LogP contribution is 1.99. The van der Waals surface area contributed by atoms with Crippen LogP contribution in [-0.2, 0) is 14.3 Å². The summed E-state index contributed by atoms with van der Waals surface area (Å²) in [6.45, 7) is 5.91. The van der Waals surface area contributed by atoms with E-state index < -0.39 is 0 Å². The molecular formula is C9H18BrNO3. The van der Waals surface area contributed by atoms with Gasteiger partial charge in [-0.2, -0.15) is 0 Å². The molecule has 0 aliphatic heterocycles. The zero-order valence-corrected chi connectivity index (χ0v) is 10.5. The summed E-state index contributed by atoms with van der Waals surface area (Å²) in [6, 6.07) is 0. The molecule has 1 atom stereocenters. The summed E-state index contributed by atoms with van der Waals surface area (Å²) in [5, 5.41) is 3.08. The normalized spacial score (nSPS) is 12.9. The lowest BCUT2D eigenvalue weighted by molar-refractivity contribution is -0.139. The summed E-state index contributed by atoms with van der Waals surface area (Å²) in [6.07, 6.45) is 0.247. The van der Waals surface area contributed by atoms with Crippen LogP contribution in [0.1, 0.15) is 13.8 Å². The lowest BCUT2D eigenvalue weighted by atomic mass is 10.4. The number of carbonyl (C=O) groups is 1. The van der Waals surface area contributed by atoms with Crippen molar-refractivity contribution in [3.63, 3.8) is 0 Å². The summed E-state index contributed by atoms with van der Waals surface area (Å²) in [5.74, 6) is -0.262. The van der Waals surface area contributed by atoms with E-state index in [9.17, 15) is 4.79 Å². The van der Waals surface area contributed by atoms with Gasteiger partial charge in [0, 0.05) is 13.1 Å². The molecule has 0 amide bonds. The van der Waals surface area contributed by atoms with Gasteiger partial charge < -0.3 is 14.8 Å². The Labute approximate surface area is 93.5 Å². The van der Waals surface area contributed by atoms with Crippen LogP contribution in [0.2, 0.25) is 0 Å². The molecule has 0 aromatic carbocycles. The molecule has 0 heterocycles. The molecule has 14 heavy (non-hydrogen) atoms. The summed E-state index contributed by atoms with van der Waals surface area (Å²) in [5.41, 5.74) is 0. The zero-order valence-electron chi connectivity index (χ0n) is 8.88. The van der Waals surface area contributed by atoms with Crippen LogP contribution >= 0.6 is 15.9 Å². The van der Waals surface area contributed by atoms with Crippen molar-refractivity contribution in [2.45, 2.75) is 24.8 Å². The molecule has 0 fully saturated rings. The highest BCUT2D eigenvalue weighted by atomic mass is 79.9. The van der Waals surface area contributed by atoms with Crippen LogP contribution in [0.3, 0.4) is 0 Å². The lowest BCUT2D eigenvalue weighted by Crippen LogP contribution is -2.32. The van der Waals surface area contributed by atoms with Crippen LogP contribution < -0.4 is 5.32 Å². The monoisotopic (exact) mass is 267 g/mol. The van der Waals surface area contributed by atoms with Crippen LogP contribution in [0, 0.1) is 0 Å². The van der Waals surface area contributed by atoms with Crippen molar-refractivity contribution in [2.24, 2.45) is 0 Å². The smallest absolute Gasteiger partial charge is 0.320 e. The highest BCUT2D eigenvalue weighted by molar-refractivity contribution is 9.10. The van der Waals surface area contributed by atoms with Crippen LogP contribution in [0.4, 0.5) is 0 Å². The van der Waals surface area contributed by atoms with Gasteiger partial charge in [-0.05, 0) is 13.8 Å². The van der Waals surface area contributed by atoms with Crippen molar-refractivity contribution in [2.75, 3.05) is 26.8 Å². The minimum atomic E-state index is -0.286. The Balaban J connectivity index is 3.31. The van der Waals surface area contributed by atoms with Gasteiger partial charge >= 0.3 is 5.97 Å². The average molecular weight is 268 g/mol. The first-order chi connectivity index (χ1) is 6.57. The average Bonchev–Trinajstić information content (AvgIpc) is 2.15. The van der Waals surface area contributed by atoms with Gasteiger partial charge in [-0.25, -0.2) is 0 Å². The fourth-order valence-corrected chi connectivity index (χ4v) is 1.22. The van der Waals surface area contributed by atoms with Gasteiger partial charge in [0.2, 0.25) is 0 Å². The highest BCUT2D eigenvalue weighted by Gasteiger charge is 2.13. The molecular weight excluding hydrogens is 250 g/mol. The maximum absolute atomic E-state index is 10.9. The number of ether oxygens (including phenoxy) is 2. The van der Waals surface area contributed by atoms with Crippen molar-refractivity contribution in [3.8, 4) is 0 Å². The van der Waals surface area contributed by atoms with E-state index in [-0.39, 0.29) is 16.9 Å². The van der Waals surface area contributed by atoms with Crippen molar-refractivity contribution >= 4 is 21.9 Å². The molecule has 0 aliphatic rings. The lowest BCUT2D eigenvalue weighted by Gasteiger charge is -2.10. The van der Waals surface area contributed by atoms with Gasteiger partial charge in [-0.1, -0.05) is 15.9 Å². The molecule has 0 radical (unpaired) electrons. The quantitative estimate of drug-likeness (QED) is 0.424. The predicted molar refractivity (Wildman–Crippen MR) is 58.7 cm³/mol. The zero-order chi connectivity index (χ0) is 11.0. The summed E-state index contributed by atoms with van der Waals surface area (Å²) in [7, 11) is 1.37. The molecule has 0 saturated heterocycles. The van der Waals surface area contributed by atoms with Crippen LogP contribution in [-0.4, -0.2) is 43.7 Å². The fraction of sp³-hybridized carbons (Fsp3) is 0.889. The van der Waals surface area contributed by atoms with Gasteiger partial charge in [0.1, 0.15) is 4.83 Å². The molecule has 4 nitrogen and oxygen atoms in total. The molecule has 0 aromatic heterocycles. The van der Waals surface area contributed by atoms with Gasteiger partial charge in [-0.3, -0.25) is 4.79 Å². The molecule has 1 unspecified atom stereocenters. The third-order valence-electron chi connectivity index (χ3n) is 1.51. The number of hydrogen-bond acceptors (Lipinski definition) is 4. The molecule has 0 rings (SSSR count). The molecule has 0 spiro atoms. The summed E-state index contributed by atoms with van der Waals surface area (Å²) < 4.78 is 9.87. The molecule has 0 aromatic rings. The van der Waals surface area contributed by atoms with E-state index in [2.05, 4.69) is 26.0 Å². The Morgan fingerprint density at radius 3 is 2.64 bits per heavy atom. The first-order valence-electron chi connectivity index (χ1n) is 4.62. The molecule has 0 aliphatic carbocycles. The van der Waals surface area contributed by atoms with Crippen molar-refractivity contribution in [1.29, 1.82) is 0 Å². The second-order valence-electron chi connectivity index (χ2n) is 3.11. The minimum Gasteiger partial charge on any atom is -0.468 e. The Bertz CT molecular complexity index is 164. The number of halogens is 1. The third kappa shape index (κ3) is 7.29. The van der Waals surface area contributed by atoms with E-state index in [1.54, 1.807) is 0 Å². The van der Waals surface area contributed by atoms with Crippen LogP contribution in [0.5, 0.6) is 0 Å². The number of nitrogens with one attached hydrogen (secondary N) is 1. The molecule has 1 N–H and O–H groups in total. The van der Waals surface area contributed by atoms with Crippen molar-refractivity contribution in [3.05, 3.63) is 0 Å². The van der Waals surface area contributed by atoms with E-state index in [0.717, 1.165) is 6.54 Å².